The number of rotatable bonds is 2. The van der Waals surface area contributed by atoms with Crippen molar-refractivity contribution in [1.29, 1.82) is 0 Å². The molecule has 0 amide bonds. The van der Waals surface area contributed by atoms with E-state index >= 15 is 0 Å². The summed E-state index contributed by atoms with van der Waals surface area (Å²) in [6.45, 7) is 1.69. The van der Waals surface area contributed by atoms with E-state index in [0.29, 0.717) is 11.1 Å². The van der Waals surface area contributed by atoms with Crippen LogP contribution >= 0.6 is 11.6 Å². The number of halogens is 5. The standard InChI is InChI=1S/C17H9ClF4N4O/c1-8-4-10(19)2-3-11(8)14-24-16(27-25-14)13-7-26-6-9(17(20,21)22)5-12(18)15(26)23-13/h2-7H,1H3. The van der Waals surface area contributed by atoms with Crippen LogP contribution in [0.1, 0.15) is 11.1 Å². The van der Waals surface area contributed by atoms with E-state index in [1.54, 1.807) is 6.92 Å². The van der Waals surface area contributed by atoms with Crippen molar-refractivity contribution in [2.24, 2.45) is 0 Å². The van der Waals surface area contributed by atoms with Crippen LogP contribution < -0.4 is 0 Å². The Morgan fingerprint density at radius 1 is 1.11 bits per heavy atom. The third kappa shape index (κ3) is 3.14. The number of aryl methyl sites for hydroxylation is 1. The Bertz CT molecular complexity index is 1170. The minimum absolute atomic E-state index is 0.00190. The normalized spacial score (nSPS) is 12.1. The van der Waals surface area contributed by atoms with Gasteiger partial charge in [-0.15, -0.1) is 0 Å². The van der Waals surface area contributed by atoms with Gasteiger partial charge in [-0.1, -0.05) is 16.8 Å². The molecule has 0 saturated carbocycles. The lowest BCUT2D eigenvalue weighted by Crippen LogP contribution is -2.06. The first-order valence-electron chi connectivity index (χ1n) is 7.58. The van der Waals surface area contributed by atoms with Crippen LogP contribution in [0.3, 0.4) is 0 Å². The highest BCUT2D eigenvalue weighted by atomic mass is 35.5. The van der Waals surface area contributed by atoms with E-state index in [9.17, 15) is 17.6 Å². The van der Waals surface area contributed by atoms with Gasteiger partial charge in [-0.05, 0) is 36.8 Å². The first-order chi connectivity index (χ1) is 12.7. The Morgan fingerprint density at radius 2 is 1.89 bits per heavy atom. The van der Waals surface area contributed by atoms with Gasteiger partial charge in [-0.3, -0.25) is 0 Å². The van der Waals surface area contributed by atoms with Crippen molar-refractivity contribution in [2.45, 2.75) is 13.1 Å². The van der Waals surface area contributed by atoms with E-state index in [-0.39, 0.29) is 28.1 Å². The molecular formula is C17H9ClF4N4O. The zero-order chi connectivity index (χ0) is 19.3. The molecule has 5 nitrogen and oxygen atoms in total. The van der Waals surface area contributed by atoms with E-state index in [0.717, 1.165) is 16.7 Å². The van der Waals surface area contributed by atoms with Gasteiger partial charge in [0, 0.05) is 18.0 Å². The van der Waals surface area contributed by atoms with Gasteiger partial charge in [0.15, 0.2) is 5.65 Å². The number of pyridine rings is 1. The van der Waals surface area contributed by atoms with E-state index in [2.05, 4.69) is 15.1 Å². The van der Waals surface area contributed by atoms with Crippen LogP contribution in [-0.4, -0.2) is 19.5 Å². The minimum Gasteiger partial charge on any atom is -0.332 e. The summed E-state index contributed by atoms with van der Waals surface area (Å²) < 4.78 is 58.3. The molecule has 0 aliphatic carbocycles. The van der Waals surface area contributed by atoms with Crippen molar-refractivity contribution < 1.29 is 22.1 Å². The highest BCUT2D eigenvalue weighted by molar-refractivity contribution is 6.33. The topological polar surface area (TPSA) is 56.2 Å². The first-order valence-corrected chi connectivity index (χ1v) is 7.96. The minimum atomic E-state index is -4.54. The lowest BCUT2D eigenvalue weighted by Gasteiger charge is -2.07. The maximum absolute atomic E-state index is 13.2. The lowest BCUT2D eigenvalue weighted by atomic mass is 10.1. The molecule has 27 heavy (non-hydrogen) atoms. The first kappa shape index (κ1) is 17.5. The fourth-order valence-corrected chi connectivity index (χ4v) is 2.89. The molecule has 0 bridgehead atoms. The molecule has 0 aliphatic rings. The third-order valence-electron chi connectivity index (χ3n) is 3.91. The van der Waals surface area contributed by atoms with Gasteiger partial charge >= 0.3 is 6.18 Å². The van der Waals surface area contributed by atoms with E-state index in [1.165, 1.54) is 24.4 Å². The Kier molecular flexibility index (Phi) is 3.92. The van der Waals surface area contributed by atoms with Crippen molar-refractivity contribution in [3.05, 3.63) is 58.6 Å². The fraction of sp³-hybridized carbons (Fsp3) is 0.118. The average molecular weight is 397 g/mol. The van der Waals surface area contributed by atoms with Crippen LogP contribution in [0, 0.1) is 12.7 Å². The predicted octanol–water partition coefficient (Wildman–Crippen LogP) is 5.17. The maximum Gasteiger partial charge on any atom is 0.417 e. The maximum atomic E-state index is 13.2. The number of aromatic nitrogens is 4. The number of alkyl halides is 3. The summed E-state index contributed by atoms with van der Waals surface area (Å²) in [4.78, 5) is 8.35. The van der Waals surface area contributed by atoms with Gasteiger partial charge in [0.2, 0.25) is 5.82 Å². The fourth-order valence-electron chi connectivity index (χ4n) is 2.63. The van der Waals surface area contributed by atoms with Gasteiger partial charge in [-0.2, -0.15) is 18.2 Å². The van der Waals surface area contributed by atoms with Crippen molar-refractivity contribution >= 4 is 17.2 Å². The van der Waals surface area contributed by atoms with Gasteiger partial charge in [0.25, 0.3) is 5.89 Å². The molecule has 0 spiro atoms. The molecule has 0 aliphatic heterocycles. The second kappa shape index (κ2) is 6.05. The molecule has 0 N–H and O–H groups in total. The highest BCUT2D eigenvalue weighted by Gasteiger charge is 2.32. The van der Waals surface area contributed by atoms with Crippen molar-refractivity contribution in [3.63, 3.8) is 0 Å². The average Bonchev–Trinajstić information content (AvgIpc) is 3.20. The predicted molar refractivity (Wildman–Crippen MR) is 88.6 cm³/mol. The lowest BCUT2D eigenvalue weighted by molar-refractivity contribution is -0.137. The number of nitrogens with zero attached hydrogens (tertiary/aromatic N) is 4. The SMILES string of the molecule is Cc1cc(F)ccc1-c1noc(-c2cn3cc(C(F)(F)F)cc(Cl)c3n2)n1. The van der Waals surface area contributed by atoms with E-state index in [4.69, 9.17) is 16.1 Å². The molecule has 0 saturated heterocycles. The van der Waals surface area contributed by atoms with Crippen LogP contribution in [-0.2, 0) is 6.18 Å². The Hall–Kier alpha value is -2.94. The third-order valence-corrected chi connectivity index (χ3v) is 4.19. The Balaban J connectivity index is 1.77. The molecule has 0 fully saturated rings. The van der Waals surface area contributed by atoms with E-state index < -0.39 is 17.6 Å². The summed E-state index contributed by atoms with van der Waals surface area (Å²) in [6.07, 6.45) is -2.36. The second-order valence-corrected chi connectivity index (χ2v) is 6.22. The quantitative estimate of drug-likeness (QED) is 0.438. The molecule has 0 unspecified atom stereocenters. The van der Waals surface area contributed by atoms with Gasteiger partial charge in [0.05, 0.1) is 10.6 Å². The Morgan fingerprint density at radius 3 is 2.59 bits per heavy atom. The second-order valence-electron chi connectivity index (χ2n) is 5.81. The molecule has 4 aromatic rings. The number of hydrogen-bond donors (Lipinski definition) is 0. The summed E-state index contributed by atoms with van der Waals surface area (Å²) in [5.41, 5.74) is 0.548. The van der Waals surface area contributed by atoms with Crippen molar-refractivity contribution in [2.75, 3.05) is 0 Å². The number of fused-ring (bicyclic) bond motifs is 1. The number of imidazole rings is 1. The molecule has 1 aromatic carbocycles. The molecule has 0 atom stereocenters. The van der Waals surface area contributed by atoms with Gasteiger partial charge < -0.3 is 8.92 Å². The smallest absolute Gasteiger partial charge is 0.332 e. The molecule has 4 rings (SSSR count). The summed E-state index contributed by atoms with van der Waals surface area (Å²) in [6, 6.07) is 4.90. The number of benzene rings is 1. The zero-order valence-corrected chi connectivity index (χ0v) is 14.3. The molecule has 3 aromatic heterocycles. The molecule has 10 heteroatoms. The van der Waals surface area contributed by atoms with Crippen molar-refractivity contribution in [1.82, 2.24) is 19.5 Å². The summed E-state index contributed by atoms with van der Waals surface area (Å²) in [7, 11) is 0. The number of hydrogen-bond acceptors (Lipinski definition) is 4. The van der Waals surface area contributed by atoms with E-state index in [1.807, 2.05) is 0 Å². The molecule has 3 heterocycles. The van der Waals surface area contributed by atoms with Gasteiger partial charge in [-0.25, -0.2) is 9.37 Å². The Labute approximate surface area is 154 Å². The van der Waals surface area contributed by atoms with Crippen molar-refractivity contribution in [3.8, 4) is 23.0 Å². The van der Waals surface area contributed by atoms with Gasteiger partial charge in [0.1, 0.15) is 11.5 Å². The largest absolute Gasteiger partial charge is 0.417 e. The van der Waals surface area contributed by atoms with Crippen LogP contribution in [0.25, 0.3) is 28.6 Å². The van der Waals surface area contributed by atoms with Crippen LogP contribution in [0.5, 0.6) is 0 Å². The summed E-state index contributed by atoms with van der Waals surface area (Å²) in [5.74, 6) is -0.181. The molecular weight excluding hydrogens is 388 g/mol. The van der Waals surface area contributed by atoms with Crippen LogP contribution in [0.15, 0.2) is 41.2 Å². The summed E-state index contributed by atoms with van der Waals surface area (Å²) in [5, 5.41) is 3.67. The highest BCUT2D eigenvalue weighted by Crippen LogP contribution is 2.33. The molecule has 138 valence electrons. The monoisotopic (exact) mass is 396 g/mol. The van der Waals surface area contributed by atoms with Crippen LogP contribution in [0.2, 0.25) is 5.02 Å². The summed E-state index contributed by atoms with van der Waals surface area (Å²) >= 11 is 5.92. The van der Waals surface area contributed by atoms with Crippen LogP contribution in [0.4, 0.5) is 17.6 Å². The molecule has 0 radical (unpaired) electrons. The zero-order valence-electron chi connectivity index (χ0n) is 13.6.